The van der Waals surface area contributed by atoms with E-state index in [9.17, 15) is 4.79 Å². The van der Waals surface area contributed by atoms with Crippen LogP contribution in [0.15, 0.2) is 0 Å². The van der Waals surface area contributed by atoms with Crippen LogP contribution in [0.5, 0.6) is 0 Å². The first kappa shape index (κ1) is 12.5. The number of carbonyl (C=O) groups is 1. The number of fused-ring (bicyclic) bond motifs is 1. The number of rotatable bonds is 4. The van der Waals surface area contributed by atoms with E-state index in [0.29, 0.717) is 5.92 Å². The van der Waals surface area contributed by atoms with E-state index in [4.69, 9.17) is 0 Å². The van der Waals surface area contributed by atoms with Crippen molar-refractivity contribution < 1.29 is 4.79 Å². The summed E-state index contributed by atoms with van der Waals surface area (Å²) in [6.45, 7) is 1.95. The van der Waals surface area contributed by atoms with Crippen molar-refractivity contribution in [1.82, 2.24) is 10.6 Å². The van der Waals surface area contributed by atoms with Gasteiger partial charge in [-0.2, -0.15) is 0 Å². The summed E-state index contributed by atoms with van der Waals surface area (Å²) in [5, 5.41) is 6.59. The Bertz CT molecular complexity index is 299. The molecular formula is C15H26N2O. The molecule has 0 aromatic rings. The van der Waals surface area contributed by atoms with Gasteiger partial charge in [-0.25, -0.2) is 0 Å². The van der Waals surface area contributed by atoms with Gasteiger partial charge < -0.3 is 10.6 Å². The third-order valence-electron chi connectivity index (χ3n) is 5.36. The van der Waals surface area contributed by atoms with E-state index < -0.39 is 0 Å². The third-order valence-corrected chi connectivity index (χ3v) is 5.36. The molecule has 2 aliphatic carbocycles. The Kier molecular flexibility index (Phi) is 3.88. The maximum absolute atomic E-state index is 12.2. The van der Waals surface area contributed by atoms with Gasteiger partial charge in [0.05, 0.1) is 6.04 Å². The minimum atomic E-state index is 0.112. The van der Waals surface area contributed by atoms with Gasteiger partial charge >= 0.3 is 0 Å². The van der Waals surface area contributed by atoms with Crippen molar-refractivity contribution in [1.29, 1.82) is 0 Å². The Morgan fingerprint density at radius 3 is 2.78 bits per heavy atom. The maximum atomic E-state index is 12.2. The first-order chi connectivity index (χ1) is 8.84. The fraction of sp³-hybridized carbons (Fsp3) is 0.933. The lowest BCUT2D eigenvalue weighted by molar-refractivity contribution is -0.123. The first-order valence-corrected chi connectivity index (χ1v) is 7.85. The third kappa shape index (κ3) is 2.56. The molecule has 1 heterocycles. The minimum Gasteiger partial charge on any atom is -0.355 e. The van der Waals surface area contributed by atoms with Gasteiger partial charge in [0, 0.05) is 6.54 Å². The number of hydrogen-bond acceptors (Lipinski definition) is 2. The van der Waals surface area contributed by atoms with Crippen molar-refractivity contribution >= 4 is 5.91 Å². The van der Waals surface area contributed by atoms with E-state index in [1.54, 1.807) is 0 Å². The molecule has 0 radical (unpaired) electrons. The van der Waals surface area contributed by atoms with Crippen LogP contribution in [0, 0.1) is 17.8 Å². The second kappa shape index (κ2) is 5.60. The normalized spacial score (nSPS) is 35.9. The largest absolute Gasteiger partial charge is 0.355 e. The topological polar surface area (TPSA) is 41.1 Å². The van der Waals surface area contributed by atoms with Crippen molar-refractivity contribution in [2.75, 3.05) is 13.1 Å². The SMILES string of the molecule is O=C(NCCC1CCCC1)C1NCC2CCCC21. The molecule has 2 N–H and O–H groups in total. The molecule has 3 atom stereocenters. The molecule has 1 aliphatic heterocycles. The number of nitrogens with one attached hydrogen (secondary N) is 2. The lowest BCUT2D eigenvalue weighted by Gasteiger charge is -2.18. The average Bonchev–Trinajstić information content (AvgIpc) is 3.05. The van der Waals surface area contributed by atoms with Crippen LogP contribution in [0.4, 0.5) is 0 Å². The van der Waals surface area contributed by atoms with Crippen molar-refractivity contribution in [3.63, 3.8) is 0 Å². The maximum Gasteiger partial charge on any atom is 0.237 e. The molecule has 3 rings (SSSR count). The fourth-order valence-electron chi connectivity index (χ4n) is 4.28. The van der Waals surface area contributed by atoms with Gasteiger partial charge in [0.25, 0.3) is 0 Å². The van der Waals surface area contributed by atoms with E-state index in [2.05, 4.69) is 10.6 Å². The van der Waals surface area contributed by atoms with Crippen LogP contribution in [-0.2, 0) is 4.79 Å². The molecule has 3 fully saturated rings. The lowest BCUT2D eigenvalue weighted by atomic mass is 9.93. The van der Waals surface area contributed by atoms with Gasteiger partial charge in [-0.05, 0) is 43.6 Å². The molecule has 3 heteroatoms. The summed E-state index contributed by atoms with van der Waals surface area (Å²) in [6, 6.07) is 0.112. The Hall–Kier alpha value is -0.570. The molecule has 1 saturated heterocycles. The first-order valence-electron chi connectivity index (χ1n) is 7.85. The van der Waals surface area contributed by atoms with Gasteiger partial charge in [0.15, 0.2) is 0 Å². The monoisotopic (exact) mass is 250 g/mol. The molecule has 0 aromatic heterocycles. The predicted octanol–water partition coefficient (Wildman–Crippen LogP) is 2.07. The molecule has 3 nitrogen and oxygen atoms in total. The summed E-state index contributed by atoms with van der Waals surface area (Å²) in [4.78, 5) is 12.2. The van der Waals surface area contributed by atoms with Gasteiger partial charge in [-0.3, -0.25) is 4.79 Å². The van der Waals surface area contributed by atoms with Crippen LogP contribution in [0.2, 0.25) is 0 Å². The summed E-state index contributed by atoms with van der Waals surface area (Å²) in [5.74, 6) is 2.54. The number of carbonyl (C=O) groups excluding carboxylic acids is 1. The van der Waals surface area contributed by atoms with E-state index >= 15 is 0 Å². The molecule has 1 amide bonds. The van der Waals surface area contributed by atoms with Gasteiger partial charge in [0.2, 0.25) is 5.91 Å². The second-order valence-corrected chi connectivity index (χ2v) is 6.47. The lowest BCUT2D eigenvalue weighted by Crippen LogP contribution is -2.44. The highest BCUT2D eigenvalue weighted by atomic mass is 16.2. The molecule has 3 unspecified atom stereocenters. The summed E-state index contributed by atoms with van der Waals surface area (Å²) in [7, 11) is 0. The van der Waals surface area contributed by atoms with E-state index in [0.717, 1.165) is 24.9 Å². The smallest absolute Gasteiger partial charge is 0.237 e. The van der Waals surface area contributed by atoms with Gasteiger partial charge in [-0.15, -0.1) is 0 Å². The zero-order valence-corrected chi connectivity index (χ0v) is 11.3. The Morgan fingerprint density at radius 2 is 1.94 bits per heavy atom. The van der Waals surface area contributed by atoms with Crippen LogP contribution in [0.25, 0.3) is 0 Å². The van der Waals surface area contributed by atoms with Crippen molar-refractivity contribution in [3.05, 3.63) is 0 Å². The van der Waals surface area contributed by atoms with E-state index in [-0.39, 0.29) is 11.9 Å². The predicted molar refractivity (Wildman–Crippen MR) is 72.2 cm³/mol. The molecule has 0 spiro atoms. The molecule has 3 aliphatic rings. The highest BCUT2D eigenvalue weighted by molar-refractivity contribution is 5.82. The standard InChI is InChI=1S/C15H26N2O/c18-15(16-9-8-11-4-1-2-5-11)14-13-7-3-6-12(13)10-17-14/h11-14,17H,1-10H2,(H,16,18). The molecule has 0 bridgehead atoms. The highest BCUT2D eigenvalue weighted by Gasteiger charge is 2.42. The zero-order chi connectivity index (χ0) is 12.4. The molecular weight excluding hydrogens is 224 g/mol. The highest BCUT2D eigenvalue weighted by Crippen LogP contribution is 2.37. The Morgan fingerprint density at radius 1 is 1.11 bits per heavy atom. The fourth-order valence-corrected chi connectivity index (χ4v) is 4.28. The number of hydrogen-bond donors (Lipinski definition) is 2. The Labute approximate surface area is 110 Å². The van der Waals surface area contributed by atoms with E-state index in [1.807, 2.05) is 0 Å². The van der Waals surface area contributed by atoms with Crippen molar-refractivity contribution in [3.8, 4) is 0 Å². The quantitative estimate of drug-likeness (QED) is 0.802. The molecule has 2 saturated carbocycles. The van der Waals surface area contributed by atoms with Crippen LogP contribution in [0.1, 0.15) is 51.4 Å². The van der Waals surface area contributed by atoms with Crippen LogP contribution >= 0.6 is 0 Å². The average molecular weight is 250 g/mol. The van der Waals surface area contributed by atoms with Gasteiger partial charge in [0.1, 0.15) is 0 Å². The van der Waals surface area contributed by atoms with Crippen LogP contribution in [0.3, 0.4) is 0 Å². The van der Waals surface area contributed by atoms with Crippen molar-refractivity contribution in [2.24, 2.45) is 17.8 Å². The minimum absolute atomic E-state index is 0.112. The van der Waals surface area contributed by atoms with E-state index in [1.165, 1.54) is 51.4 Å². The van der Waals surface area contributed by atoms with Crippen LogP contribution < -0.4 is 10.6 Å². The van der Waals surface area contributed by atoms with Crippen LogP contribution in [-0.4, -0.2) is 25.0 Å². The summed E-state index contributed by atoms with van der Waals surface area (Å²) in [6.07, 6.45) is 10.6. The second-order valence-electron chi connectivity index (χ2n) is 6.47. The Balaban J connectivity index is 1.41. The van der Waals surface area contributed by atoms with Crippen molar-refractivity contribution in [2.45, 2.75) is 57.4 Å². The molecule has 102 valence electrons. The molecule has 18 heavy (non-hydrogen) atoms. The summed E-state index contributed by atoms with van der Waals surface area (Å²) >= 11 is 0. The van der Waals surface area contributed by atoms with Gasteiger partial charge in [-0.1, -0.05) is 32.1 Å². The zero-order valence-electron chi connectivity index (χ0n) is 11.3. The molecule has 0 aromatic carbocycles. The summed E-state index contributed by atoms with van der Waals surface area (Å²) in [5.41, 5.74) is 0. The summed E-state index contributed by atoms with van der Waals surface area (Å²) < 4.78 is 0. The number of amides is 1.